The van der Waals surface area contributed by atoms with Crippen LogP contribution in [0.15, 0.2) is 59.5 Å². The molecule has 6 nitrogen and oxygen atoms in total. The lowest BCUT2D eigenvalue weighted by molar-refractivity contribution is 0.383. The average molecular weight is 427 g/mol. The third-order valence-corrected chi connectivity index (χ3v) is 7.38. The maximum Gasteiger partial charge on any atom is 0.243 e. The molecule has 0 amide bonds. The van der Waals surface area contributed by atoms with Crippen LogP contribution in [0.3, 0.4) is 0 Å². The zero-order chi connectivity index (χ0) is 21.3. The van der Waals surface area contributed by atoms with Crippen LogP contribution in [0.5, 0.6) is 0 Å². The summed E-state index contributed by atoms with van der Waals surface area (Å²) < 4.78 is 40.0. The third-order valence-electron chi connectivity index (χ3n) is 5.47. The monoisotopic (exact) mass is 426 g/mol. The van der Waals surface area contributed by atoms with Gasteiger partial charge < -0.3 is 4.90 Å². The van der Waals surface area contributed by atoms with Crippen LogP contribution in [-0.2, 0) is 10.0 Å². The van der Waals surface area contributed by atoms with Gasteiger partial charge in [0.25, 0.3) is 0 Å². The lowest BCUT2D eigenvalue weighted by atomic mass is 10.0. The van der Waals surface area contributed by atoms with Crippen LogP contribution in [0.1, 0.15) is 11.1 Å². The van der Waals surface area contributed by atoms with E-state index in [-0.39, 0.29) is 4.90 Å². The molecule has 3 aromatic rings. The molecule has 0 N–H and O–H groups in total. The number of aromatic nitrogens is 2. The Labute approximate surface area is 176 Å². The van der Waals surface area contributed by atoms with Gasteiger partial charge in [-0.2, -0.15) is 4.31 Å². The average Bonchev–Trinajstić information content (AvgIpc) is 2.76. The summed E-state index contributed by atoms with van der Waals surface area (Å²) in [5.41, 5.74) is 4.26. The summed E-state index contributed by atoms with van der Waals surface area (Å²) >= 11 is 0. The quantitative estimate of drug-likeness (QED) is 0.640. The van der Waals surface area contributed by atoms with Gasteiger partial charge in [0.1, 0.15) is 5.82 Å². The zero-order valence-corrected chi connectivity index (χ0v) is 17.7. The van der Waals surface area contributed by atoms with Gasteiger partial charge in [0.15, 0.2) is 5.82 Å². The standard InChI is InChI=1S/C22H23FN4O2S/c1-16-3-4-18(15-17(16)2)21-9-10-22(25-24-21)26-11-13-27(14-12-26)30(28,29)20-7-5-19(23)6-8-20/h3-10,15H,11-14H2,1-2H3. The van der Waals surface area contributed by atoms with Gasteiger partial charge in [-0.1, -0.05) is 12.1 Å². The molecule has 2 heterocycles. The predicted octanol–water partition coefficient (Wildman–Crippen LogP) is 3.41. The molecule has 4 rings (SSSR count). The van der Waals surface area contributed by atoms with Crippen molar-refractivity contribution in [2.75, 3.05) is 31.1 Å². The second kappa shape index (κ2) is 8.12. The number of hydrogen-bond donors (Lipinski definition) is 0. The van der Waals surface area contributed by atoms with Gasteiger partial charge >= 0.3 is 0 Å². The van der Waals surface area contributed by atoms with Crippen LogP contribution in [0.4, 0.5) is 10.2 Å². The summed E-state index contributed by atoms with van der Waals surface area (Å²) in [5.74, 6) is 0.267. The van der Waals surface area contributed by atoms with E-state index in [9.17, 15) is 12.8 Å². The molecule has 1 saturated heterocycles. The van der Waals surface area contributed by atoms with Gasteiger partial charge in [0.2, 0.25) is 10.0 Å². The maximum absolute atomic E-state index is 13.1. The molecule has 0 bridgehead atoms. The maximum atomic E-state index is 13.1. The normalized spacial score (nSPS) is 15.4. The number of anilines is 1. The van der Waals surface area contributed by atoms with Gasteiger partial charge in [-0.3, -0.25) is 0 Å². The number of rotatable bonds is 4. The summed E-state index contributed by atoms with van der Waals surface area (Å²) in [6, 6.07) is 15.0. The first-order valence-electron chi connectivity index (χ1n) is 9.76. The fourth-order valence-corrected chi connectivity index (χ4v) is 4.88. The molecule has 0 radical (unpaired) electrons. The molecular formula is C22H23FN4O2S. The van der Waals surface area contributed by atoms with E-state index in [1.807, 2.05) is 23.1 Å². The summed E-state index contributed by atoms with van der Waals surface area (Å²) in [6.45, 7) is 5.83. The predicted molar refractivity (Wildman–Crippen MR) is 114 cm³/mol. The van der Waals surface area contributed by atoms with Crippen molar-refractivity contribution in [1.82, 2.24) is 14.5 Å². The second-order valence-corrected chi connectivity index (χ2v) is 9.36. The minimum atomic E-state index is -3.63. The number of nitrogens with zero attached hydrogens (tertiary/aromatic N) is 4. The van der Waals surface area contributed by atoms with E-state index in [0.717, 1.165) is 29.2 Å². The molecule has 0 atom stereocenters. The van der Waals surface area contributed by atoms with Crippen LogP contribution in [0, 0.1) is 19.7 Å². The molecule has 1 aromatic heterocycles. The van der Waals surface area contributed by atoms with Crippen molar-refractivity contribution in [1.29, 1.82) is 0 Å². The Hall–Kier alpha value is -2.84. The Morgan fingerprint density at radius 2 is 1.53 bits per heavy atom. The van der Waals surface area contributed by atoms with E-state index in [1.165, 1.54) is 27.6 Å². The van der Waals surface area contributed by atoms with Crippen LogP contribution in [0.2, 0.25) is 0 Å². The Balaban J connectivity index is 1.44. The molecule has 2 aromatic carbocycles. The molecule has 0 unspecified atom stereocenters. The van der Waals surface area contributed by atoms with Crippen molar-refractivity contribution < 1.29 is 12.8 Å². The summed E-state index contributed by atoms with van der Waals surface area (Å²) in [4.78, 5) is 2.13. The minimum absolute atomic E-state index is 0.106. The molecule has 0 aliphatic carbocycles. The number of halogens is 1. The number of piperazine rings is 1. The largest absolute Gasteiger partial charge is 0.352 e. The molecule has 1 aliphatic rings. The van der Waals surface area contributed by atoms with Crippen molar-refractivity contribution in [2.45, 2.75) is 18.7 Å². The first-order valence-corrected chi connectivity index (χ1v) is 11.2. The Morgan fingerprint density at radius 1 is 0.833 bits per heavy atom. The van der Waals surface area contributed by atoms with Crippen LogP contribution in [-0.4, -0.2) is 49.1 Å². The Morgan fingerprint density at radius 3 is 2.13 bits per heavy atom. The number of aryl methyl sites for hydroxylation is 2. The highest BCUT2D eigenvalue weighted by molar-refractivity contribution is 7.89. The fourth-order valence-electron chi connectivity index (χ4n) is 3.46. The Kier molecular flexibility index (Phi) is 5.53. The molecule has 30 heavy (non-hydrogen) atoms. The highest BCUT2D eigenvalue weighted by Crippen LogP contribution is 2.23. The molecule has 8 heteroatoms. The van der Waals surface area contributed by atoms with Crippen LogP contribution < -0.4 is 4.90 Å². The third kappa shape index (κ3) is 4.06. The summed E-state index contributed by atoms with van der Waals surface area (Å²) in [5, 5.41) is 8.71. The van der Waals surface area contributed by atoms with Gasteiger partial charge in [-0.25, -0.2) is 12.8 Å². The number of benzene rings is 2. The first kappa shape index (κ1) is 20.4. The van der Waals surface area contributed by atoms with Crippen LogP contribution >= 0.6 is 0 Å². The molecular weight excluding hydrogens is 403 g/mol. The Bertz CT molecular complexity index is 1140. The molecule has 156 valence electrons. The number of hydrogen-bond acceptors (Lipinski definition) is 5. The van der Waals surface area contributed by atoms with Crippen molar-refractivity contribution >= 4 is 15.8 Å². The van der Waals surface area contributed by atoms with E-state index in [0.29, 0.717) is 26.2 Å². The summed E-state index contributed by atoms with van der Waals surface area (Å²) in [7, 11) is -3.63. The lowest BCUT2D eigenvalue weighted by Crippen LogP contribution is -2.49. The topological polar surface area (TPSA) is 66.4 Å². The number of sulfonamides is 1. The van der Waals surface area contributed by atoms with E-state index in [2.05, 4.69) is 36.2 Å². The highest BCUT2D eigenvalue weighted by Gasteiger charge is 2.29. The van der Waals surface area contributed by atoms with Gasteiger partial charge in [-0.05, 0) is 67.4 Å². The van der Waals surface area contributed by atoms with Crippen molar-refractivity contribution in [3.05, 3.63) is 71.5 Å². The van der Waals surface area contributed by atoms with Crippen molar-refractivity contribution in [3.8, 4) is 11.3 Å². The molecule has 1 aliphatic heterocycles. The van der Waals surface area contributed by atoms with Gasteiger partial charge in [-0.15, -0.1) is 10.2 Å². The summed E-state index contributed by atoms with van der Waals surface area (Å²) in [6.07, 6.45) is 0. The molecule has 0 spiro atoms. The van der Waals surface area contributed by atoms with E-state index in [4.69, 9.17) is 0 Å². The molecule has 1 fully saturated rings. The highest BCUT2D eigenvalue weighted by atomic mass is 32.2. The van der Waals surface area contributed by atoms with E-state index < -0.39 is 15.8 Å². The SMILES string of the molecule is Cc1ccc(-c2ccc(N3CCN(S(=O)(=O)c4ccc(F)cc4)CC3)nn2)cc1C. The van der Waals surface area contributed by atoms with E-state index in [1.54, 1.807) is 0 Å². The zero-order valence-electron chi connectivity index (χ0n) is 16.9. The lowest BCUT2D eigenvalue weighted by Gasteiger charge is -2.34. The smallest absolute Gasteiger partial charge is 0.243 e. The van der Waals surface area contributed by atoms with Gasteiger partial charge in [0, 0.05) is 31.7 Å². The molecule has 0 saturated carbocycles. The van der Waals surface area contributed by atoms with Crippen molar-refractivity contribution in [3.63, 3.8) is 0 Å². The fraction of sp³-hybridized carbons (Fsp3) is 0.273. The minimum Gasteiger partial charge on any atom is -0.352 e. The van der Waals surface area contributed by atoms with Crippen LogP contribution in [0.25, 0.3) is 11.3 Å². The first-order chi connectivity index (χ1) is 14.3. The second-order valence-electron chi connectivity index (χ2n) is 7.42. The van der Waals surface area contributed by atoms with E-state index >= 15 is 0 Å². The van der Waals surface area contributed by atoms with Gasteiger partial charge in [0.05, 0.1) is 10.6 Å². The van der Waals surface area contributed by atoms with Crippen molar-refractivity contribution in [2.24, 2.45) is 0 Å².